The van der Waals surface area contributed by atoms with Crippen molar-refractivity contribution in [3.05, 3.63) is 88.5 Å². The van der Waals surface area contributed by atoms with Gasteiger partial charge >= 0.3 is 35.5 Å². The molecule has 2 atom stereocenters. The predicted octanol–water partition coefficient (Wildman–Crippen LogP) is 3.32. The second kappa shape index (κ2) is 14.4. The van der Waals surface area contributed by atoms with Gasteiger partial charge in [0.05, 0.1) is 30.0 Å². The van der Waals surface area contributed by atoms with Crippen LogP contribution in [0.5, 0.6) is 0 Å². The third-order valence-corrected chi connectivity index (χ3v) is 5.80. The van der Waals surface area contributed by atoms with Crippen molar-refractivity contribution in [2.24, 2.45) is 0 Å². The van der Waals surface area contributed by atoms with Crippen LogP contribution in [-0.4, -0.2) is 78.7 Å². The molecular weight excluding hydrogens is 500 g/mol. The molecular formula is C28H33FN3NaO5. The molecule has 0 fully saturated rings. The Labute approximate surface area is 243 Å². The fourth-order valence-corrected chi connectivity index (χ4v) is 3.94. The van der Waals surface area contributed by atoms with Gasteiger partial charge < -0.3 is 20.6 Å². The first-order chi connectivity index (χ1) is 17.5. The molecule has 1 amide bonds. The molecule has 10 heteroatoms. The number of benzene rings is 2. The Balaban J connectivity index is 0.00000507. The summed E-state index contributed by atoms with van der Waals surface area (Å²) in [6.45, 7) is 6.12. The number of nitrogens with one attached hydrogen (secondary N) is 1. The van der Waals surface area contributed by atoms with Crippen LogP contribution in [0.25, 0.3) is 11.8 Å². The molecule has 0 aliphatic carbocycles. The minimum absolute atomic E-state index is 0. The number of hydrogen-bond acceptors (Lipinski definition) is 5. The Morgan fingerprint density at radius 2 is 1.71 bits per heavy atom. The third-order valence-electron chi connectivity index (χ3n) is 5.80. The van der Waals surface area contributed by atoms with E-state index in [2.05, 4.69) is 10.4 Å². The molecule has 0 radical (unpaired) electrons. The second-order valence-electron chi connectivity index (χ2n) is 9.27. The molecule has 0 aliphatic rings. The minimum atomic E-state index is -1.22. The summed E-state index contributed by atoms with van der Waals surface area (Å²) < 4.78 is 15.1. The number of carbonyl (C=O) groups excluding carboxylic acids is 1. The number of nitrogens with zero attached hydrogens (tertiary/aromatic N) is 2. The molecule has 3 rings (SSSR count). The van der Waals surface area contributed by atoms with Gasteiger partial charge in [-0.15, -0.1) is 0 Å². The van der Waals surface area contributed by atoms with E-state index in [0.29, 0.717) is 23.5 Å². The number of rotatable bonds is 11. The molecule has 1 heterocycles. The monoisotopic (exact) mass is 533 g/mol. The zero-order chi connectivity index (χ0) is 27.1. The molecule has 0 saturated carbocycles. The van der Waals surface area contributed by atoms with E-state index in [9.17, 15) is 24.2 Å². The van der Waals surface area contributed by atoms with Crippen LogP contribution in [0, 0.1) is 12.7 Å². The van der Waals surface area contributed by atoms with Gasteiger partial charge in [0, 0.05) is 18.5 Å². The molecule has 0 aliphatic heterocycles. The van der Waals surface area contributed by atoms with Crippen LogP contribution >= 0.6 is 0 Å². The Morgan fingerprint density at radius 3 is 2.29 bits per heavy atom. The van der Waals surface area contributed by atoms with Gasteiger partial charge in [-0.25, -0.2) is 9.07 Å². The van der Waals surface area contributed by atoms with Crippen LogP contribution in [0.1, 0.15) is 65.5 Å². The number of carboxylic acids is 1. The summed E-state index contributed by atoms with van der Waals surface area (Å²) >= 11 is 0. The molecule has 0 saturated heterocycles. The van der Waals surface area contributed by atoms with Crippen LogP contribution in [-0.2, 0) is 11.3 Å². The van der Waals surface area contributed by atoms with Gasteiger partial charge in [-0.3, -0.25) is 9.59 Å². The molecule has 8 nitrogen and oxygen atoms in total. The first kappa shape index (κ1) is 31.4. The number of aryl methyl sites for hydroxylation is 1. The summed E-state index contributed by atoms with van der Waals surface area (Å²) in [5, 5.41) is 36.5. The van der Waals surface area contributed by atoms with Gasteiger partial charge in [0.15, 0.2) is 5.69 Å². The summed E-state index contributed by atoms with van der Waals surface area (Å²) in [6.07, 6.45) is -0.00523. The second-order valence-corrected chi connectivity index (χ2v) is 9.27. The van der Waals surface area contributed by atoms with Crippen LogP contribution in [0.3, 0.4) is 0 Å². The average Bonchev–Trinajstić information content (AvgIpc) is 3.22. The SMILES string of the molecule is Cc1ccc(CNC(=O)c2nn(-c3ccc(F)cc3)c(/C=C/[C@H](O)C[C@@H](O)CC(=O)O)c2C(C)C)cc1.[NaH]. The topological polar surface area (TPSA) is 125 Å². The summed E-state index contributed by atoms with van der Waals surface area (Å²) in [6, 6.07) is 13.4. The van der Waals surface area contributed by atoms with Crippen molar-refractivity contribution in [2.75, 3.05) is 0 Å². The number of halogens is 1. The fraction of sp³-hybridized carbons (Fsp3) is 0.321. The van der Waals surface area contributed by atoms with Crippen molar-refractivity contribution in [3.63, 3.8) is 0 Å². The number of aliphatic carboxylic acids is 1. The molecule has 0 bridgehead atoms. The maximum atomic E-state index is 13.6. The molecule has 0 unspecified atom stereocenters. The van der Waals surface area contributed by atoms with E-state index in [0.717, 1.165) is 11.1 Å². The van der Waals surface area contributed by atoms with Gasteiger partial charge in [-0.2, -0.15) is 5.10 Å². The number of carbonyl (C=O) groups is 2. The number of aliphatic hydroxyl groups excluding tert-OH is 2. The predicted molar refractivity (Wildman–Crippen MR) is 145 cm³/mol. The van der Waals surface area contributed by atoms with E-state index in [4.69, 9.17) is 5.11 Å². The van der Waals surface area contributed by atoms with Gasteiger partial charge in [-0.05, 0) is 48.7 Å². The summed E-state index contributed by atoms with van der Waals surface area (Å²) in [5.74, 6) is -2.10. The van der Waals surface area contributed by atoms with Crippen molar-refractivity contribution < 1.29 is 29.3 Å². The Kier molecular flexibility index (Phi) is 11.9. The van der Waals surface area contributed by atoms with Gasteiger partial charge in [0.2, 0.25) is 0 Å². The Hall–Kier alpha value is -2.82. The fourth-order valence-electron chi connectivity index (χ4n) is 3.94. The van der Waals surface area contributed by atoms with E-state index in [1.165, 1.54) is 35.0 Å². The zero-order valence-electron chi connectivity index (χ0n) is 21.1. The number of aliphatic hydroxyl groups is 2. The molecule has 4 N–H and O–H groups in total. The molecule has 38 heavy (non-hydrogen) atoms. The molecule has 198 valence electrons. The number of hydrogen-bond donors (Lipinski definition) is 4. The summed E-state index contributed by atoms with van der Waals surface area (Å²) in [4.78, 5) is 24.0. The molecule has 3 aromatic rings. The average molecular weight is 534 g/mol. The van der Waals surface area contributed by atoms with Gasteiger partial charge in [-0.1, -0.05) is 49.8 Å². The Morgan fingerprint density at radius 1 is 1.08 bits per heavy atom. The van der Waals surface area contributed by atoms with E-state index in [1.54, 1.807) is 6.08 Å². The standard InChI is InChI=1S/C28H32FN3O5.Na.H/c1-17(2)26-24(13-12-22(33)14-23(34)15-25(35)36)32(21-10-8-20(29)9-11-21)31-27(26)28(37)30-16-19-6-4-18(3)5-7-19;;/h4-13,17,22-23,33-34H,14-16H2,1-3H3,(H,30,37)(H,35,36);;/b13-12+;;/t22-,23+;;/m0../s1. The van der Waals surface area contributed by atoms with Crippen molar-refractivity contribution in [1.82, 2.24) is 15.1 Å². The molecule has 2 aromatic carbocycles. The van der Waals surface area contributed by atoms with Crippen LogP contribution in [0.4, 0.5) is 4.39 Å². The number of amides is 1. The number of aromatic nitrogens is 2. The van der Waals surface area contributed by atoms with Gasteiger partial charge in [0.1, 0.15) is 5.82 Å². The third kappa shape index (κ3) is 8.61. The maximum absolute atomic E-state index is 13.6. The van der Waals surface area contributed by atoms with E-state index in [1.807, 2.05) is 45.0 Å². The van der Waals surface area contributed by atoms with E-state index >= 15 is 0 Å². The summed E-state index contributed by atoms with van der Waals surface area (Å²) in [5.41, 5.74) is 3.90. The van der Waals surface area contributed by atoms with Gasteiger partial charge in [0.25, 0.3) is 5.91 Å². The number of carboxylic acid groups (broad SMARTS) is 1. The first-order valence-electron chi connectivity index (χ1n) is 12.0. The van der Waals surface area contributed by atoms with Crippen molar-refractivity contribution >= 4 is 47.5 Å². The summed E-state index contributed by atoms with van der Waals surface area (Å²) in [7, 11) is 0. The van der Waals surface area contributed by atoms with E-state index in [-0.39, 0.29) is 53.5 Å². The van der Waals surface area contributed by atoms with Crippen LogP contribution < -0.4 is 5.32 Å². The van der Waals surface area contributed by atoms with Crippen molar-refractivity contribution in [3.8, 4) is 5.69 Å². The molecule has 1 aromatic heterocycles. The molecule has 0 spiro atoms. The normalized spacial score (nSPS) is 12.8. The van der Waals surface area contributed by atoms with Crippen LogP contribution in [0.15, 0.2) is 54.6 Å². The van der Waals surface area contributed by atoms with Crippen molar-refractivity contribution in [2.45, 2.75) is 58.3 Å². The zero-order valence-corrected chi connectivity index (χ0v) is 21.1. The van der Waals surface area contributed by atoms with Crippen LogP contribution in [0.2, 0.25) is 0 Å². The first-order valence-corrected chi connectivity index (χ1v) is 12.0. The van der Waals surface area contributed by atoms with E-state index < -0.39 is 30.4 Å². The van der Waals surface area contributed by atoms with Crippen molar-refractivity contribution in [1.29, 1.82) is 0 Å². The Bertz CT molecular complexity index is 1260. The quantitative estimate of drug-likeness (QED) is 0.280.